The second-order valence-electron chi connectivity index (χ2n) is 3.20. The van der Waals surface area contributed by atoms with E-state index in [4.69, 9.17) is 5.73 Å². The molecule has 4 heteroatoms. The highest BCUT2D eigenvalue weighted by atomic mass is 32.1. The molecule has 0 aliphatic carbocycles. The summed E-state index contributed by atoms with van der Waals surface area (Å²) in [4.78, 5) is 9.76. The van der Waals surface area contributed by atoms with Crippen LogP contribution in [0, 0.1) is 0 Å². The standard InChI is InChI=1S/C10H13N3S/c1-2-10-12-6-8(14-10)7-4-3-5-9(11)13-7/h4,6H,2-3,5H2,1H3,(H2,11,13). The number of rotatable bonds is 2. The van der Waals surface area contributed by atoms with Gasteiger partial charge >= 0.3 is 0 Å². The van der Waals surface area contributed by atoms with Crippen molar-refractivity contribution < 1.29 is 0 Å². The maximum atomic E-state index is 5.70. The predicted molar refractivity (Wildman–Crippen MR) is 60.3 cm³/mol. The molecule has 0 atom stereocenters. The predicted octanol–water partition coefficient (Wildman–Crippen LogP) is 2.20. The van der Waals surface area contributed by atoms with Gasteiger partial charge in [0.25, 0.3) is 0 Å². The molecule has 74 valence electrons. The molecule has 1 aromatic heterocycles. The quantitative estimate of drug-likeness (QED) is 0.808. The summed E-state index contributed by atoms with van der Waals surface area (Å²) in [5.74, 6) is 0.731. The van der Waals surface area contributed by atoms with Crippen molar-refractivity contribution in [3.63, 3.8) is 0 Å². The van der Waals surface area contributed by atoms with Crippen molar-refractivity contribution in [3.8, 4) is 0 Å². The normalized spacial score (nSPS) is 16.4. The Morgan fingerprint density at radius 3 is 3.07 bits per heavy atom. The van der Waals surface area contributed by atoms with Crippen LogP contribution in [0.1, 0.15) is 29.7 Å². The third-order valence-corrected chi connectivity index (χ3v) is 3.27. The van der Waals surface area contributed by atoms with Crippen LogP contribution in [0.3, 0.4) is 0 Å². The molecule has 1 aromatic rings. The van der Waals surface area contributed by atoms with Gasteiger partial charge in [-0.1, -0.05) is 13.0 Å². The van der Waals surface area contributed by atoms with Crippen molar-refractivity contribution in [1.82, 2.24) is 4.98 Å². The number of hydrogen-bond donors (Lipinski definition) is 1. The van der Waals surface area contributed by atoms with E-state index < -0.39 is 0 Å². The molecule has 0 saturated heterocycles. The second kappa shape index (κ2) is 3.92. The number of nitrogens with two attached hydrogens (primary N) is 1. The molecule has 0 amide bonds. The number of allylic oxidation sites excluding steroid dienone is 1. The van der Waals surface area contributed by atoms with Crippen molar-refractivity contribution in [2.75, 3.05) is 0 Å². The minimum absolute atomic E-state index is 0.731. The number of aryl methyl sites for hydroxylation is 1. The van der Waals surface area contributed by atoms with E-state index in [1.54, 1.807) is 11.3 Å². The number of hydrogen-bond acceptors (Lipinski definition) is 4. The molecule has 0 radical (unpaired) electrons. The van der Waals surface area contributed by atoms with E-state index in [-0.39, 0.29) is 0 Å². The van der Waals surface area contributed by atoms with Gasteiger partial charge in [-0.2, -0.15) is 0 Å². The topological polar surface area (TPSA) is 51.3 Å². The van der Waals surface area contributed by atoms with Gasteiger partial charge in [0.1, 0.15) is 0 Å². The van der Waals surface area contributed by atoms with E-state index in [0.29, 0.717) is 0 Å². The van der Waals surface area contributed by atoms with Gasteiger partial charge in [0.05, 0.1) is 21.4 Å². The molecule has 3 nitrogen and oxygen atoms in total. The summed E-state index contributed by atoms with van der Waals surface area (Å²) in [6, 6.07) is 0. The Morgan fingerprint density at radius 2 is 2.43 bits per heavy atom. The van der Waals surface area contributed by atoms with Gasteiger partial charge in [-0.25, -0.2) is 9.98 Å². The van der Waals surface area contributed by atoms with Crippen LogP contribution in [0.2, 0.25) is 0 Å². The Labute approximate surface area is 87.4 Å². The number of amidine groups is 1. The van der Waals surface area contributed by atoms with Crippen molar-refractivity contribution >= 4 is 22.9 Å². The molecule has 0 fully saturated rings. The molecule has 0 unspecified atom stereocenters. The highest BCUT2D eigenvalue weighted by molar-refractivity contribution is 7.12. The van der Waals surface area contributed by atoms with E-state index >= 15 is 0 Å². The highest BCUT2D eigenvalue weighted by Gasteiger charge is 2.09. The van der Waals surface area contributed by atoms with Gasteiger partial charge in [0.2, 0.25) is 0 Å². The van der Waals surface area contributed by atoms with Crippen molar-refractivity contribution in [2.45, 2.75) is 26.2 Å². The summed E-state index contributed by atoms with van der Waals surface area (Å²) < 4.78 is 0. The van der Waals surface area contributed by atoms with E-state index in [1.807, 2.05) is 6.20 Å². The fraction of sp³-hybridized carbons (Fsp3) is 0.400. The summed E-state index contributed by atoms with van der Waals surface area (Å²) in [6.45, 7) is 2.11. The SMILES string of the molecule is CCc1ncc(C2=CCCC(N)=N2)s1. The zero-order valence-corrected chi connectivity index (χ0v) is 8.97. The molecule has 1 aliphatic rings. The van der Waals surface area contributed by atoms with Gasteiger partial charge in [0, 0.05) is 12.6 Å². The Balaban J connectivity index is 2.27. The van der Waals surface area contributed by atoms with E-state index in [9.17, 15) is 0 Å². The third kappa shape index (κ3) is 1.85. The summed E-state index contributed by atoms with van der Waals surface area (Å²) in [7, 11) is 0. The van der Waals surface area contributed by atoms with Crippen LogP contribution in [0.4, 0.5) is 0 Å². The van der Waals surface area contributed by atoms with Crippen molar-refractivity contribution in [1.29, 1.82) is 0 Å². The molecule has 14 heavy (non-hydrogen) atoms. The first kappa shape index (κ1) is 9.40. The molecule has 2 N–H and O–H groups in total. The molecule has 0 bridgehead atoms. The van der Waals surface area contributed by atoms with Crippen LogP contribution in [0.25, 0.3) is 5.70 Å². The number of aromatic nitrogens is 1. The summed E-state index contributed by atoms with van der Waals surface area (Å²) >= 11 is 1.70. The molecule has 0 saturated carbocycles. The number of aliphatic imine (C=N–C) groups is 1. The second-order valence-corrected chi connectivity index (χ2v) is 4.32. The molecule has 2 rings (SSSR count). The number of nitrogens with zero attached hydrogens (tertiary/aromatic N) is 2. The Morgan fingerprint density at radius 1 is 1.57 bits per heavy atom. The maximum absolute atomic E-state index is 5.70. The minimum Gasteiger partial charge on any atom is -0.387 e. The van der Waals surface area contributed by atoms with E-state index in [1.165, 1.54) is 0 Å². The summed E-state index contributed by atoms with van der Waals surface area (Å²) in [6.07, 6.45) is 6.87. The lowest BCUT2D eigenvalue weighted by molar-refractivity contribution is 1.05. The average Bonchev–Trinajstić information content (AvgIpc) is 2.66. The summed E-state index contributed by atoms with van der Waals surface area (Å²) in [5.41, 5.74) is 6.69. The zero-order chi connectivity index (χ0) is 9.97. The molecule has 0 spiro atoms. The zero-order valence-electron chi connectivity index (χ0n) is 8.16. The summed E-state index contributed by atoms with van der Waals surface area (Å²) in [5, 5.41) is 1.15. The lowest BCUT2D eigenvalue weighted by Gasteiger charge is -2.06. The molecule has 0 aromatic carbocycles. The Hall–Kier alpha value is -1.16. The van der Waals surface area contributed by atoms with E-state index in [0.717, 1.165) is 40.7 Å². The first-order valence-electron chi connectivity index (χ1n) is 4.78. The Bertz CT molecular complexity index is 390. The average molecular weight is 207 g/mol. The van der Waals surface area contributed by atoms with Crippen LogP contribution < -0.4 is 5.73 Å². The first-order valence-corrected chi connectivity index (χ1v) is 5.59. The largest absolute Gasteiger partial charge is 0.387 e. The van der Waals surface area contributed by atoms with Crippen LogP contribution in [-0.4, -0.2) is 10.8 Å². The third-order valence-electron chi connectivity index (χ3n) is 2.11. The van der Waals surface area contributed by atoms with E-state index in [2.05, 4.69) is 23.0 Å². The first-order chi connectivity index (χ1) is 6.79. The lowest BCUT2D eigenvalue weighted by Crippen LogP contribution is -2.13. The van der Waals surface area contributed by atoms with Gasteiger partial charge in [-0.3, -0.25) is 0 Å². The highest BCUT2D eigenvalue weighted by Crippen LogP contribution is 2.26. The molecular weight excluding hydrogens is 194 g/mol. The van der Waals surface area contributed by atoms with Crippen LogP contribution in [0.15, 0.2) is 17.3 Å². The van der Waals surface area contributed by atoms with Crippen molar-refractivity contribution in [2.24, 2.45) is 10.7 Å². The van der Waals surface area contributed by atoms with Crippen LogP contribution in [-0.2, 0) is 6.42 Å². The smallest absolute Gasteiger partial charge is 0.0999 e. The van der Waals surface area contributed by atoms with Gasteiger partial charge in [-0.05, 0) is 12.8 Å². The Kier molecular flexibility index (Phi) is 2.63. The van der Waals surface area contributed by atoms with Gasteiger partial charge in [0.15, 0.2) is 0 Å². The number of thiazole rings is 1. The van der Waals surface area contributed by atoms with Crippen molar-refractivity contribution in [3.05, 3.63) is 22.2 Å². The van der Waals surface area contributed by atoms with Gasteiger partial charge < -0.3 is 5.73 Å². The van der Waals surface area contributed by atoms with Crippen LogP contribution >= 0.6 is 11.3 Å². The fourth-order valence-electron chi connectivity index (χ4n) is 1.36. The monoisotopic (exact) mass is 207 g/mol. The van der Waals surface area contributed by atoms with Gasteiger partial charge in [-0.15, -0.1) is 11.3 Å². The maximum Gasteiger partial charge on any atom is 0.0999 e. The van der Waals surface area contributed by atoms with Crippen LogP contribution in [0.5, 0.6) is 0 Å². The molecular formula is C10H13N3S. The molecule has 1 aliphatic heterocycles. The fourth-order valence-corrected chi connectivity index (χ4v) is 2.20. The minimum atomic E-state index is 0.731. The lowest BCUT2D eigenvalue weighted by atomic mass is 10.2. The molecule has 2 heterocycles.